The minimum Gasteiger partial charge on any atom is -0.388 e. The van der Waals surface area contributed by atoms with Crippen molar-refractivity contribution in [2.75, 3.05) is 10.6 Å². The van der Waals surface area contributed by atoms with Crippen molar-refractivity contribution in [3.05, 3.63) is 23.8 Å². The van der Waals surface area contributed by atoms with Crippen LogP contribution < -0.4 is 10.6 Å². The second-order valence-electron chi connectivity index (χ2n) is 5.21. The van der Waals surface area contributed by atoms with Gasteiger partial charge in [-0.1, -0.05) is 12.5 Å². The predicted octanol–water partition coefficient (Wildman–Crippen LogP) is 1.80. The number of fused-ring (bicyclic) bond motifs is 1. The number of carbonyl (C=O) groups is 2. The fourth-order valence-corrected chi connectivity index (χ4v) is 2.52. The molecular weight excluding hydrogens is 244 g/mol. The summed E-state index contributed by atoms with van der Waals surface area (Å²) in [6.07, 6.45) is 2.59. The number of amides is 2. The molecule has 3 N–H and O–H groups in total. The fourth-order valence-electron chi connectivity index (χ4n) is 2.52. The molecule has 0 saturated heterocycles. The van der Waals surface area contributed by atoms with Gasteiger partial charge in [0.15, 0.2) is 0 Å². The molecule has 1 saturated carbocycles. The van der Waals surface area contributed by atoms with Crippen LogP contribution in [0.25, 0.3) is 0 Å². The summed E-state index contributed by atoms with van der Waals surface area (Å²) in [7, 11) is 0. The summed E-state index contributed by atoms with van der Waals surface area (Å²) < 4.78 is 0. The van der Waals surface area contributed by atoms with Gasteiger partial charge in [0, 0.05) is 0 Å². The van der Waals surface area contributed by atoms with E-state index in [4.69, 9.17) is 0 Å². The van der Waals surface area contributed by atoms with Crippen molar-refractivity contribution < 1.29 is 14.7 Å². The lowest BCUT2D eigenvalue weighted by Crippen LogP contribution is -2.20. The van der Waals surface area contributed by atoms with Crippen molar-refractivity contribution in [2.45, 2.75) is 31.8 Å². The zero-order valence-electron chi connectivity index (χ0n) is 10.5. The zero-order chi connectivity index (χ0) is 13.4. The van der Waals surface area contributed by atoms with Crippen molar-refractivity contribution >= 4 is 23.2 Å². The Morgan fingerprint density at radius 2 is 1.79 bits per heavy atom. The summed E-state index contributed by atoms with van der Waals surface area (Å²) >= 11 is 0. The van der Waals surface area contributed by atoms with Gasteiger partial charge in [-0.2, -0.15) is 0 Å². The van der Waals surface area contributed by atoms with E-state index in [1.165, 1.54) is 6.42 Å². The standard InChI is InChI=1S/C14H16N2O3/c17-12-7-13(18)16-11-6-9(4-5-10(11)15-12)14(19)8-2-1-3-8/h4-6,8,14,19H,1-3,7H2,(H,15,17)(H,16,18). The molecule has 1 aromatic carbocycles. The molecule has 0 spiro atoms. The number of anilines is 2. The van der Waals surface area contributed by atoms with Crippen LogP contribution in [-0.2, 0) is 9.59 Å². The first-order chi connectivity index (χ1) is 9.13. The average molecular weight is 260 g/mol. The van der Waals surface area contributed by atoms with Gasteiger partial charge in [-0.25, -0.2) is 0 Å². The van der Waals surface area contributed by atoms with Crippen molar-refractivity contribution in [2.24, 2.45) is 5.92 Å². The van der Waals surface area contributed by atoms with Crippen LogP contribution in [0.2, 0.25) is 0 Å². The van der Waals surface area contributed by atoms with Crippen molar-refractivity contribution in [1.82, 2.24) is 0 Å². The lowest BCUT2D eigenvalue weighted by atomic mass is 9.79. The molecule has 1 aliphatic carbocycles. The SMILES string of the molecule is O=C1CC(=O)Nc2cc(C(O)C3CCC3)ccc2N1. The summed E-state index contributed by atoms with van der Waals surface area (Å²) in [6.45, 7) is 0. The van der Waals surface area contributed by atoms with Crippen LogP contribution in [0, 0.1) is 5.92 Å². The minimum atomic E-state index is -0.491. The second-order valence-corrected chi connectivity index (χ2v) is 5.21. The molecule has 0 aromatic heterocycles. The second kappa shape index (κ2) is 4.66. The molecule has 5 nitrogen and oxygen atoms in total. The Morgan fingerprint density at radius 3 is 2.42 bits per heavy atom. The van der Waals surface area contributed by atoms with E-state index in [9.17, 15) is 14.7 Å². The first kappa shape index (κ1) is 12.2. The van der Waals surface area contributed by atoms with E-state index in [2.05, 4.69) is 10.6 Å². The summed E-state index contributed by atoms with van der Waals surface area (Å²) in [5.74, 6) is -0.329. The van der Waals surface area contributed by atoms with Gasteiger partial charge in [-0.15, -0.1) is 0 Å². The molecule has 2 aliphatic rings. The first-order valence-electron chi connectivity index (χ1n) is 6.55. The van der Waals surface area contributed by atoms with Crippen LogP contribution in [0.3, 0.4) is 0 Å². The highest BCUT2D eigenvalue weighted by molar-refractivity contribution is 6.13. The minimum absolute atomic E-state index is 0.171. The number of benzene rings is 1. The number of aliphatic hydroxyl groups is 1. The van der Waals surface area contributed by atoms with E-state index in [0.29, 0.717) is 17.3 Å². The monoisotopic (exact) mass is 260 g/mol. The van der Waals surface area contributed by atoms with Crippen molar-refractivity contribution in [3.8, 4) is 0 Å². The average Bonchev–Trinajstić information content (AvgIpc) is 2.42. The van der Waals surface area contributed by atoms with Gasteiger partial charge in [0.2, 0.25) is 11.8 Å². The number of rotatable bonds is 2. The van der Waals surface area contributed by atoms with E-state index in [0.717, 1.165) is 18.4 Å². The maximum Gasteiger partial charge on any atom is 0.233 e. The molecule has 0 radical (unpaired) electrons. The third-order valence-corrected chi connectivity index (χ3v) is 3.85. The molecule has 1 aromatic rings. The van der Waals surface area contributed by atoms with Gasteiger partial charge in [0.25, 0.3) is 0 Å². The van der Waals surface area contributed by atoms with Crippen LogP contribution >= 0.6 is 0 Å². The molecule has 1 atom stereocenters. The van der Waals surface area contributed by atoms with E-state index >= 15 is 0 Å². The maximum absolute atomic E-state index is 11.5. The Bertz CT molecular complexity index is 537. The van der Waals surface area contributed by atoms with Gasteiger partial charge >= 0.3 is 0 Å². The zero-order valence-corrected chi connectivity index (χ0v) is 10.5. The number of hydrogen-bond donors (Lipinski definition) is 3. The molecule has 3 rings (SSSR count). The lowest BCUT2D eigenvalue weighted by Gasteiger charge is -2.30. The molecule has 1 aliphatic heterocycles. The van der Waals surface area contributed by atoms with Crippen LogP contribution in [0.5, 0.6) is 0 Å². The molecule has 19 heavy (non-hydrogen) atoms. The van der Waals surface area contributed by atoms with Crippen LogP contribution in [0.15, 0.2) is 18.2 Å². The first-order valence-corrected chi connectivity index (χ1v) is 6.55. The van der Waals surface area contributed by atoms with Gasteiger partial charge in [0.05, 0.1) is 17.5 Å². The predicted molar refractivity (Wildman–Crippen MR) is 70.6 cm³/mol. The summed E-state index contributed by atoms with van der Waals surface area (Å²) in [5.41, 5.74) is 1.94. The summed E-state index contributed by atoms with van der Waals surface area (Å²) in [6, 6.07) is 5.29. The molecule has 2 amide bonds. The van der Waals surface area contributed by atoms with Crippen molar-refractivity contribution in [1.29, 1.82) is 0 Å². The highest BCUT2D eigenvalue weighted by Crippen LogP contribution is 2.39. The summed E-state index contributed by atoms with van der Waals surface area (Å²) in [5, 5.41) is 15.6. The molecule has 0 bridgehead atoms. The quantitative estimate of drug-likeness (QED) is 0.709. The Morgan fingerprint density at radius 1 is 1.11 bits per heavy atom. The Hall–Kier alpha value is -1.88. The van der Waals surface area contributed by atoms with E-state index in [1.54, 1.807) is 18.2 Å². The molecule has 5 heteroatoms. The van der Waals surface area contributed by atoms with Gasteiger partial charge < -0.3 is 15.7 Å². The number of aliphatic hydroxyl groups excluding tert-OH is 1. The smallest absolute Gasteiger partial charge is 0.233 e. The Labute approximate surface area is 111 Å². The fraction of sp³-hybridized carbons (Fsp3) is 0.429. The molecular formula is C14H16N2O3. The highest BCUT2D eigenvalue weighted by atomic mass is 16.3. The van der Waals surface area contributed by atoms with E-state index < -0.39 is 6.10 Å². The molecule has 100 valence electrons. The van der Waals surface area contributed by atoms with Crippen molar-refractivity contribution in [3.63, 3.8) is 0 Å². The number of hydrogen-bond acceptors (Lipinski definition) is 3. The summed E-state index contributed by atoms with van der Waals surface area (Å²) in [4.78, 5) is 22.9. The Balaban J connectivity index is 1.89. The number of nitrogens with one attached hydrogen (secondary N) is 2. The van der Waals surface area contributed by atoms with Crippen LogP contribution in [-0.4, -0.2) is 16.9 Å². The molecule has 1 fully saturated rings. The van der Waals surface area contributed by atoms with Crippen LogP contribution in [0.1, 0.15) is 37.4 Å². The maximum atomic E-state index is 11.5. The Kier molecular flexibility index (Phi) is 2.98. The van der Waals surface area contributed by atoms with Gasteiger partial charge in [0.1, 0.15) is 6.42 Å². The third kappa shape index (κ3) is 2.33. The van der Waals surface area contributed by atoms with E-state index in [-0.39, 0.29) is 18.2 Å². The van der Waals surface area contributed by atoms with Gasteiger partial charge in [-0.3, -0.25) is 9.59 Å². The highest BCUT2D eigenvalue weighted by Gasteiger charge is 2.27. The normalized spacial score (nSPS) is 20.7. The molecule has 1 heterocycles. The van der Waals surface area contributed by atoms with E-state index in [1.807, 2.05) is 0 Å². The lowest BCUT2D eigenvalue weighted by molar-refractivity contribution is -0.123. The number of carbonyl (C=O) groups excluding carboxylic acids is 2. The van der Waals surface area contributed by atoms with Crippen LogP contribution in [0.4, 0.5) is 11.4 Å². The topological polar surface area (TPSA) is 78.4 Å². The largest absolute Gasteiger partial charge is 0.388 e. The third-order valence-electron chi connectivity index (χ3n) is 3.85. The molecule has 1 unspecified atom stereocenters. The van der Waals surface area contributed by atoms with Gasteiger partial charge in [-0.05, 0) is 36.5 Å².